The molecule has 0 unspecified atom stereocenters. The average Bonchev–Trinajstić information content (AvgIpc) is 3.23. The zero-order valence-corrected chi connectivity index (χ0v) is 18.0. The zero-order valence-electron chi connectivity index (χ0n) is 18.0. The second-order valence-corrected chi connectivity index (χ2v) is 8.65. The van der Waals surface area contributed by atoms with Crippen molar-refractivity contribution < 1.29 is 0 Å². The van der Waals surface area contributed by atoms with Gasteiger partial charge in [-0.05, 0) is 68.5 Å². The lowest BCUT2D eigenvalue weighted by molar-refractivity contribution is 1.19. The van der Waals surface area contributed by atoms with Crippen LogP contribution >= 0.6 is 0 Å². The summed E-state index contributed by atoms with van der Waals surface area (Å²) in [5.74, 6) is 0. The van der Waals surface area contributed by atoms with Gasteiger partial charge < -0.3 is 0 Å². The minimum atomic E-state index is 0.945. The smallest absolute Gasteiger partial charge is 0.00132 e. The van der Waals surface area contributed by atoms with Gasteiger partial charge in [0.05, 0.1) is 0 Å². The zero-order chi connectivity index (χ0) is 21.3. The number of benzene rings is 5. The van der Waals surface area contributed by atoms with E-state index in [0.29, 0.717) is 0 Å². The molecule has 0 heterocycles. The van der Waals surface area contributed by atoms with Crippen molar-refractivity contribution in [2.24, 2.45) is 0 Å². The summed E-state index contributed by atoms with van der Waals surface area (Å²) in [6, 6.07) is 44.2. The van der Waals surface area contributed by atoms with E-state index in [1.165, 1.54) is 55.6 Å². The van der Waals surface area contributed by atoms with Crippen LogP contribution in [0.5, 0.6) is 0 Å². The Labute approximate surface area is 189 Å². The Morgan fingerprint density at radius 1 is 0.406 bits per heavy atom. The van der Waals surface area contributed by atoms with Gasteiger partial charge in [0.25, 0.3) is 0 Å². The molecule has 32 heavy (non-hydrogen) atoms. The maximum absolute atomic E-state index is 2.37. The molecule has 5 aromatic rings. The van der Waals surface area contributed by atoms with Crippen LogP contribution in [0.1, 0.15) is 22.3 Å². The van der Waals surface area contributed by atoms with E-state index >= 15 is 0 Å². The van der Waals surface area contributed by atoms with E-state index in [0.717, 1.165) is 12.8 Å². The van der Waals surface area contributed by atoms with E-state index in [9.17, 15) is 0 Å². The maximum Gasteiger partial charge on any atom is -0.00132 e. The molecule has 0 nitrogen and oxygen atoms in total. The van der Waals surface area contributed by atoms with Gasteiger partial charge in [-0.2, -0.15) is 0 Å². The molecule has 1 aliphatic rings. The third-order valence-corrected chi connectivity index (χ3v) is 6.52. The molecule has 0 heteroatoms. The summed E-state index contributed by atoms with van der Waals surface area (Å²) in [7, 11) is 0. The van der Waals surface area contributed by atoms with Gasteiger partial charge in [-0.1, -0.05) is 121 Å². The van der Waals surface area contributed by atoms with Gasteiger partial charge in [-0.3, -0.25) is 0 Å². The maximum atomic E-state index is 2.37. The second kappa shape index (κ2) is 7.98. The number of hydrogen-bond acceptors (Lipinski definition) is 0. The van der Waals surface area contributed by atoms with Crippen molar-refractivity contribution in [2.75, 3.05) is 0 Å². The normalized spacial score (nSPS) is 11.8. The van der Waals surface area contributed by atoms with Gasteiger partial charge in [0.15, 0.2) is 0 Å². The lowest BCUT2D eigenvalue weighted by Crippen LogP contribution is -1.90. The first-order valence-electron chi connectivity index (χ1n) is 11.3. The lowest BCUT2D eigenvalue weighted by Gasteiger charge is -2.09. The highest BCUT2D eigenvalue weighted by molar-refractivity contribution is 5.80. The molecule has 0 aromatic heterocycles. The molecular weight excluding hydrogens is 384 g/mol. The van der Waals surface area contributed by atoms with Crippen LogP contribution in [0.25, 0.3) is 33.4 Å². The first-order valence-corrected chi connectivity index (χ1v) is 11.3. The van der Waals surface area contributed by atoms with E-state index < -0.39 is 0 Å². The molecule has 0 saturated carbocycles. The Bertz CT molecular complexity index is 1390. The molecule has 0 spiro atoms. The summed E-state index contributed by atoms with van der Waals surface area (Å²) in [4.78, 5) is 0. The SMILES string of the molecule is c1ccc(-c2cccc(Cc3ccc(-c4ccc5c(c4)Cc4ccccc4-5)cc3)c2)cc1. The van der Waals surface area contributed by atoms with Crippen molar-refractivity contribution in [3.8, 4) is 33.4 Å². The largest absolute Gasteiger partial charge is 0.0622 e. The summed E-state index contributed by atoms with van der Waals surface area (Å²) >= 11 is 0. The van der Waals surface area contributed by atoms with Crippen LogP contribution in [-0.4, -0.2) is 0 Å². The summed E-state index contributed by atoms with van der Waals surface area (Å²) in [5.41, 5.74) is 13.5. The fourth-order valence-corrected chi connectivity index (χ4v) is 4.87. The fraction of sp³-hybridized carbons (Fsp3) is 0.0625. The van der Waals surface area contributed by atoms with Crippen LogP contribution in [0.15, 0.2) is 121 Å². The van der Waals surface area contributed by atoms with E-state index in [2.05, 4.69) is 121 Å². The Hall–Kier alpha value is -3.90. The summed E-state index contributed by atoms with van der Waals surface area (Å²) < 4.78 is 0. The molecule has 0 radical (unpaired) electrons. The monoisotopic (exact) mass is 408 g/mol. The Morgan fingerprint density at radius 2 is 1.06 bits per heavy atom. The number of rotatable bonds is 4. The molecule has 0 bridgehead atoms. The van der Waals surface area contributed by atoms with Crippen LogP contribution in [0.3, 0.4) is 0 Å². The Kier molecular flexibility index (Phi) is 4.70. The van der Waals surface area contributed by atoms with E-state index in [4.69, 9.17) is 0 Å². The molecule has 0 amide bonds. The van der Waals surface area contributed by atoms with Gasteiger partial charge in [0.1, 0.15) is 0 Å². The van der Waals surface area contributed by atoms with Crippen LogP contribution in [0.2, 0.25) is 0 Å². The molecule has 152 valence electrons. The second-order valence-electron chi connectivity index (χ2n) is 8.65. The van der Waals surface area contributed by atoms with Crippen molar-refractivity contribution in [2.45, 2.75) is 12.8 Å². The van der Waals surface area contributed by atoms with Crippen LogP contribution in [0.4, 0.5) is 0 Å². The van der Waals surface area contributed by atoms with Crippen LogP contribution in [-0.2, 0) is 12.8 Å². The van der Waals surface area contributed by atoms with Crippen molar-refractivity contribution in [1.29, 1.82) is 0 Å². The van der Waals surface area contributed by atoms with Gasteiger partial charge in [-0.15, -0.1) is 0 Å². The predicted octanol–water partition coefficient (Wildman–Crippen LogP) is 8.18. The van der Waals surface area contributed by atoms with Gasteiger partial charge in [-0.25, -0.2) is 0 Å². The standard InChI is InChI=1S/C32H24/c1-2-8-25(9-3-1)27-11-6-7-24(20-27)19-23-13-15-26(16-14-23)28-17-18-32-30(21-28)22-29-10-4-5-12-31(29)32/h1-18,20-21H,19,22H2. The van der Waals surface area contributed by atoms with Gasteiger partial charge in [0, 0.05) is 0 Å². The van der Waals surface area contributed by atoms with Crippen molar-refractivity contribution in [1.82, 2.24) is 0 Å². The summed E-state index contributed by atoms with van der Waals surface area (Å²) in [6.45, 7) is 0. The Balaban J connectivity index is 1.22. The molecule has 0 fully saturated rings. The highest BCUT2D eigenvalue weighted by Gasteiger charge is 2.18. The molecule has 1 aliphatic carbocycles. The van der Waals surface area contributed by atoms with Crippen molar-refractivity contribution in [3.05, 3.63) is 144 Å². The molecule has 0 N–H and O–H groups in total. The third kappa shape index (κ3) is 3.55. The topological polar surface area (TPSA) is 0 Å². The molecule has 5 aromatic carbocycles. The van der Waals surface area contributed by atoms with Crippen LogP contribution in [0, 0.1) is 0 Å². The number of fused-ring (bicyclic) bond motifs is 3. The first kappa shape index (κ1) is 18.8. The summed E-state index contributed by atoms with van der Waals surface area (Å²) in [5, 5.41) is 0. The average molecular weight is 409 g/mol. The Morgan fingerprint density at radius 3 is 1.94 bits per heavy atom. The predicted molar refractivity (Wildman–Crippen MR) is 135 cm³/mol. The first-order chi connectivity index (χ1) is 15.8. The third-order valence-electron chi connectivity index (χ3n) is 6.52. The minimum absolute atomic E-state index is 0.945. The molecule has 0 saturated heterocycles. The summed E-state index contributed by atoms with van der Waals surface area (Å²) in [6.07, 6.45) is 1.98. The van der Waals surface area contributed by atoms with E-state index in [1.54, 1.807) is 0 Å². The van der Waals surface area contributed by atoms with Gasteiger partial charge >= 0.3 is 0 Å². The van der Waals surface area contributed by atoms with E-state index in [-0.39, 0.29) is 0 Å². The molecule has 6 rings (SSSR count). The molecular formula is C32H24. The fourth-order valence-electron chi connectivity index (χ4n) is 4.87. The van der Waals surface area contributed by atoms with Crippen LogP contribution < -0.4 is 0 Å². The molecule has 0 aliphatic heterocycles. The quantitative estimate of drug-likeness (QED) is 0.276. The number of hydrogen-bond donors (Lipinski definition) is 0. The highest BCUT2D eigenvalue weighted by Crippen LogP contribution is 2.38. The van der Waals surface area contributed by atoms with Crippen molar-refractivity contribution >= 4 is 0 Å². The highest BCUT2D eigenvalue weighted by atomic mass is 14.2. The molecule has 0 atom stereocenters. The lowest BCUT2D eigenvalue weighted by atomic mass is 9.96. The van der Waals surface area contributed by atoms with Gasteiger partial charge in [0.2, 0.25) is 0 Å². The minimum Gasteiger partial charge on any atom is -0.0622 e. The van der Waals surface area contributed by atoms with E-state index in [1.807, 2.05) is 0 Å². The van der Waals surface area contributed by atoms with Crippen molar-refractivity contribution in [3.63, 3.8) is 0 Å².